The lowest BCUT2D eigenvalue weighted by Crippen LogP contribution is -2.17. The van der Waals surface area contributed by atoms with Crippen LogP contribution in [0.4, 0.5) is 5.95 Å². The van der Waals surface area contributed by atoms with E-state index in [2.05, 4.69) is 20.8 Å². The summed E-state index contributed by atoms with van der Waals surface area (Å²) in [5.74, 6) is -0.00507. The Hall–Kier alpha value is -1.95. The summed E-state index contributed by atoms with van der Waals surface area (Å²) in [5, 5.41) is 14.1. The van der Waals surface area contributed by atoms with Gasteiger partial charge >= 0.3 is 0 Å². The predicted octanol–water partition coefficient (Wildman–Crippen LogP) is 1.99. The first-order valence-corrected chi connectivity index (χ1v) is 5.92. The van der Waals surface area contributed by atoms with Gasteiger partial charge in [-0.3, -0.25) is 10.1 Å². The number of nitrogens with zero attached hydrogens (tertiary/aromatic N) is 4. The van der Waals surface area contributed by atoms with E-state index in [4.69, 9.17) is 11.6 Å². The average Bonchev–Trinajstić information content (AvgIpc) is 2.78. The molecule has 94 valence electrons. The van der Waals surface area contributed by atoms with Crippen molar-refractivity contribution in [2.45, 2.75) is 19.9 Å². The second kappa shape index (κ2) is 5.59. The van der Waals surface area contributed by atoms with Crippen LogP contribution in [0.25, 0.3) is 0 Å². The Morgan fingerprint density at radius 2 is 2.22 bits per heavy atom. The number of amides is 1. The van der Waals surface area contributed by atoms with Crippen LogP contribution in [0.3, 0.4) is 0 Å². The highest BCUT2D eigenvalue weighted by atomic mass is 35.5. The maximum Gasteiger partial charge on any atom is 0.259 e. The molecule has 1 aromatic heterocycles. The molecule has 0 unspecified atom stereocenters. The average molecular weight is 266 g/mol. The molecule has 0 atom stereocenters. The molecule has 7 heteroatoms. The zero-order valence-electron chi connectivity index (χ0n) is 9.80. The number of anilines is 1. The first-order chi connectivity index (χ1) is 8.72. The molecule has 0 fully saturated rings. The summed E-state index contributed by atoms with van der Waals surface area (Å²) in [6.07, 6.45) is 0.875. The molecule has 0 aliphatic carbocycles. The van der Waals surface area contributed by atoms with E-state index in [1.165, 1.54) is 4.68 Å². The lowest BCUT2D eigenvalue weighted by Gasteiger charge is -2.06. The third-order valence-electron chi connectivity index (χ3n) is 2.31. The van der Waals surface area contributed by atoms with E-state index in [-0.39, 0.29) is 5.91 Å². The minimum absolute atomic E-state index is 0.321. The number of nitrogens with one attached hydrogen (secondary N) is 1. The fourth-order valence-corrected chi connectivity index (χ4v) is 1.69. The number of carbonyl (C=O) groups excluding carboxylic acids is 1. The number of halogens is 1. The van der Waals surface area contributed by atoms with Gasteiger partial charge in [-0.15, -0.1) is 0 Å². The summed E-state index contributed by atoms with van der Waals surface area (Å²) in [6.45, 7) is 2.65. The van der Waals surface area contributed by atoms with Crippen LogP contribution in [-0.4, -0.2) is 26.1 Å². The number of hydrogen-bond donors (Lipinski definition) is 1. The lowest BCUT2D eigenvalue weighted by atomic mass is 10.2. The maximum atomic E-state index is 12.0. The van der Waals surface area contributed by atoms with Gasteiger partial charge in [0.2, 0.25) is 5.95 Å². The summed E-state index contributed by atoms with van der Waals surface area (Å²) in [4.78, 5) is 12.0. The van der Waals surface area contributed by atoms with Crippen LogP contribution in [0.1, 0.15) is 23.7 Å². The predicted molar refractivity (Wildman–Crippen MR) is 67.5 cm³/mol. The molecule has 1 aromatic carbocycles. The highest BCUT2D eigenvalue weighted by Gasteiger charge is 2.13. The van der Waals surface area contributed by atoms with Crippen molar-refractivity contribution in [2.75, 3.05) is 5.32 Å². The quantitative estimate of drug-likeness (QED) is 0.918. The Labute approximate surface area is 109 Å². The molecule has 18 heavy (non-hydrogen) atoms. The Morgan fingerprint density at radius 1 is 1.44 bits per heavy atom. The molecule has 6 nitrogen and oxygen atoms in total. The van der Waals surface area contributed by atoms with Crippen LogP contribution in [0.2, 0.25) is 5.02 Å². The largest absolute Gasteiger partial charge is 0.289 e. The number of benzene rings is 1. The second-order valence-electron chi connectivity index (χ2n) is 3.66. The van der Waals surface area contributed by atoms with Crippen molar-refractivity contribution in [2.24, 2.45) is 0 Å². The smallest absolute Gasteiger partial charge is 0.259 e. The van der Waals surface area contributed by atoms with Gasteiger partial charge in [-0.25, -0.2) is 4.68 Å². The summed E-state index contributed by atoms with van der Waals surface area (Å²) in [5.41, 5.74) is 0.394. The zero-order valence-corrected chi connectivity index (χ0v) is 10.6. The summed E-state index contributed by atoms with van der Waals surface area (Å²) in [7, 11) is 0. The Kier molecular flexibility index (Phi) is 3.88. The zero-order chi connectivity index (χ0) is 13.0. The number of aromatic nitrogens is 4. The molecule has 0 bridgehead atoms. The molecule has 1 heterocycles. The van der Waals surface area contributed by atoms with Crippen molar-refractivity contribution in [3.8, 4) is 0 Å². The van der Waals surface area contributed by atoms with Crippen molar-refractivity contribution < 1.29 is 4.79 Å². The van der Waals surface area contributed by atoms with Gasteiger partial charge in [-0.1, -0.05) is 35.8 Å². The van der Waals surface area contributed by atoms with E-state index in [0.717, 1.165) is 6.42 Å². The number of aryl methyl sites for hydroxylation is 1. The molecule has 0 radical (unpaired) electrons. The monoisotopic (exact) mass is 265 g/mol. The third kappa shape index (κ3) is 2.65. The normalized spacial score (nSPS) is 10.3. The minimum Gasteiger partial charge on any atom is -0.289 e. The van der Waals surface area contributed by atoms with Crippen molar-refractivity contribution >= 4 is 23.5 Å². The standard InChI is InChI=1S/C11H12ClN5O/c1-2-7-17-11(14-15-16-17)13-10(18)8-5-3-4-6-9(8)12/h3-6H,2,7H2,1H3,(H,13,14,16,18). The molecule has 2 rings (SSSR count). The fraction of sp³-hybridized carbons (Fsp3) is 0.273. The van der Waals surface area contributed by atoms with Gasteiger partial charge in [-0.05, 0) is 29.0 Å². The van der Waals surface area contributed by atoms with E-state index in [1.807, 2.05) is 6.92 Å². The molecule has 0 saturated heterocycles. The summed E-state index contributed by atoms with van der Waals surface area (Å²) < 4.78 is 1.54. The van der Waals surface area contributed by atoms with Gasteiger partial charge in [0, 0.05) is 6.54 Å². The van der Waals surface area contributed by atoms with E-state index in [0.29, 0.717) is 23.1 Å². The highest BCUT2D eigenvalue weighted by Crippen LogP contribution is 2.16. The molecule has 1 N–H and O–H groups in total. The van der Waals surface area contributed by atoms with Gasteiger partial charge in [0.15, 0.2) is 0 Å². The van der Waals surface area contributed by atoms with Crippen LogP contribution >= 0.6 is 11.6 Å². The van der Waals surface area contributed by atoms with Gasteiger partial charge in [-0.2, -0.15) is 0 Å². The topological polar surface area (TPSA) is 72.7 Å². The SMILES string of the molecule is CCCn1nnnc1NC(=O)c1ccccc1Cl. The second-order valence-corrected chi connectivity index (χ2v) is 4.07. The van der Waals surface area contributed by atoms with Gasteiger partial charge in [0.05, 0.1) is 10.6 Å². The van der Waals surface area contributed by atoms with Crippen molar-refractivity contribution in [1.29, 1.82) is 0 Å². The van der Waals surface area contributed by atoms with E-state index in [9.17, 15) is 4.79 Å². The molecule has 0 saturated carbocycles. The fourth-order valence-electron chi connectivity index (χ4n) is 1.47. The first-order valence-electron chi connectivity index (χ1n) is 5.54. The maximum absolute atomic E-state index is 12.0. The molecule has 2 aromatic rings. The van der Waals surface area contributed by atoms with Crippen LogP contribution in [0.15, 0.2) is 24.3 Å². The minimum atomic E-state index is -0.326. The summed E-state index contributed by atoms with van der Waals surface area (Å²) >= 11 is 5.94. The van der Waals surface area contributed by atoms with Crippen LogP contribution < -0.4 is 5.32 Å². The first kappa shape index (κ1) is 12.5. The Bertz CT molecular complexity index is 554. The van der Waals surface area contributed by atoms with Gasteiger partial charge < -0.3 is 0 Å². The number of hydrogen-bond acceptors (Lipinski definition) is 4. The summed E-state index contributed by atoms with van der Waals surface area (Å²) in [6, 6.07) is 6.81. The molecule has 0 aliphatic heterocycles. The molecule has 0 aliphatic rings. The highest BCUT2D eigenvalue weighted by molar-refractivity contribution is 6.34. The molecule has 1 amide bonds. The van der Waals surface area contributed by atoms with E-state index < -0.39 is 0 Å². The van der Waals surface area contributed by atoms with Crippen LogP contribution in [0, 0.1) is 0 Å². The molecule has 0 spiro atoms. The lowest BCUT2D eigenvalue weighted by molar-refractivity contribution is 0.102. The van der Waals surface area contributed by atoms with Crippen molar-refractivity contribution in [3.05, 3.63) is 34.9 Å². The van der Waals surface area contributed by atoms with E-state index >= 15 is 0 Å². The van der Waals surface area contributed by atoms with E-state index in [1.54, 1.807) is 24.3 Å². The third-order valence-corrected chi connectivity index (χ3v) is 2.64. The number of carbonyl (C=O) groups is 1. The Morgan fingerprint density at radius 3 is 2.94 bits per heavy atom. The Balaban J connectivity index is 2.17. The number of tetrazole rings is 1. The van der Waals surface area contributed by atoms with Crippen LogP contribution in [0.5, 0.6) is 0 Å². The van der Waals surface area contributed by atoms with Crippen molar-refractivity contribution in [3.63, 3.8) is 0 Å². The number of rotatable bonds is 4. The molecular formula is C11H12ClN5O. The van der Waals surface area contributed by atoms with Crippen molar-refractivity contribution in [1.82, 2.24) is 20.2 Å². The van der Waals surface area contributed by atoms with Gasteiger partial charge in [0.25, 0.3) is 5.91 Å². The van der Waals surface area contributed by atoms with Gasteiger partial charge in [0.1, 0.15) is 0 Å². The molecular weight excluding hydrogens is 254 g/mol. The van der Waals surface area contributed by atoms with Crippen LogP contribution in [-0.2, 0) is 6.54 Å².